The Labute approximate surface area is 129 Å². The van der Waals surface area contributed by atoms with E-state index in [2.05, 4.69) is 10.6 Å². The Kier molecular flexibility index (Phi) is 5.11. The number of nitrogen functional groups attached to an aromatic ring is 1. The predicted octanol–water partition coefficient (Wildman–Crippen LogP) is 3.48. The molecule has 0 radical (unpaired) electrons. The van der Waals surface area contributed by atoms with Crippen molar-refractivity contribution in [3.05, 3.63) is 48.0 Å². The minimum atomic E-state index is -0.110. The molecule has 0 unspecified atom stereocenters. The lowest BCUT2D eigenvalue weighted by Gasteiger charge is -2.13. The van der Waals surface area contributed by atoms with Crippen LogP contribution in [0.1, 0.15) is 17.3 Å². The van der Waals surface area contributed by atoms with Gasteiger partial charge in [-0.15, -0.1) is 11.8 Å². The molecule has 1 amide bonds. The Hall–Kier alpha value is -2.14. The van der Waals surface area contributed by atoms with E-state index in [1.165, 1.54) is 4.90 Å². The Balaban J connectivity index is 2.28. The van der Waals surface area contributed by atoms with Gasteiger partial charge in [0.2, 0.25) is 0 Å². The van der Waals surface area contributed by atoms with E-state index in [-0.39, 0.29) is 5.91 Å². The van der Waals surface area contributed by atoms with Gasteiger partial charge in [-0.3, -0.25) is 4.79 Å². The Bertz CT molecular complexity index is 626. The highest BCUT2D eigenvalue weighted by Crippen LogP contribution is 2.25. The van der Waals surface area contributed by atoms with Crippen LogP contribution < -0.4 is 16.4 Å². The number of carbonyl (C=O) groups is 1. The van der Waals surface area contributed by atoms with Crippen LogP contribution in [0.4, 0.5) is 17.1 Å². The van der Waals surface area contributed by atoms with Crippen LogP contribution >= 0.6 is 11.8 Å². The lowest BCUT2D eigenvalue weighted by Crippen LogP contribution is -2.23. The molecule has 0 bridgehead atoms. The molecule has 2 aromatic rings. The van der Waals surface area contributed by atoms with E-state index in [0.29, 0.717) is 23.5 Å². The molecule has 4 N–H and O–H groups in total. The molecule has 0 atom stereocenters. The van der Waals surface area contributed by atoms with Crippen molar-refractivity contribution in [2.75, 3.05) is 23.9 Å². The zero-order chi connectivity index (χ0) is 15.2. The summed E-state index contributed by atoms with van der Waals surface area (Å²) >= 11 is 1.69. The molecule has 21 heavy (non-hydrogen) atoms. The maximum Gasteiger partial charge on any atom is 0.253 e. The summed E-state index contributed by atoms with van der Waals surface area (Å²) in [6.07, 6.45) is 2.04. The number of amides is 1. The van der Waals surface area contributed by atoms with Crippen molar-refractivity contribution in [2.24, 2.45) is 0 Å². The summed E-state index contributed by atoms with van der Waals surface area (Å²) in [7, 11) is 0. The summed E-state index contributed by atoms with van der Waals surface area (Å²) in [6, 6.07) is 13.3. The van der Waals surface area contributed by atoms with Gasteiger partial charge in [-0.2, -0.15) is 0 Å². The Morgan fingerprint density at radius 1 is 1.19 bits per heavy atom. The van der Waals surface area contributed by atoms with Gasteiger partial charge in [0.05, 0.1) is 11.3 Å². The highest BCUT2D eigenvalue weighted by Gasteiger charge is 2.11. The average molecular weight is 301 g/mol. The van der Waals surface area contributed by atoms with Crippen LogP contribution in [0.2, 0.25) is 0 Å². The third-order valence-corrected chi connectivity index (χ3v) is 3.74. The van der Waals surface area contributed by atoms with Gasteiger partial charge in [0.15, 0.2) is 0 Å². The average Bonchev–Trinajstić information content (AvgIpc) is 2.48. The van der Waals surface area contributed by atoms with Crippen molar-refractivity contribution in [3.63, 3.8) is 0 Å². The van der Waals surface area contributed by atoms with E-state index in [0.717, 1.165) is 5.69 Å². The second-order valence-corrected chi connectivity index (χ2v) is 5.40. The van der Waals surface area contributed by atoms with Crippen molar-refractivity contribution in [1.82, 2.24) is 5.32 Å². The van der Waals surface area contributed by atoms with Gasteiger partial charge in [-0.25, -0.2) is 0 Å². The van der Waals surface area contributed by atoms with Crippen LogP contribution in [0.5, 0.6) is 0 Å². The molecule has 0 fully saturated rings. The lowest BCUT2D eigenvalue weighted by molar-refractivity contribution is 0.0956. The van der Waals surface area contributed by atoms with Gasteiger partial charge in [0.25, 0.3) is 5.91 Å². The summed E-state index contributed by atoms with van der Waals surface area (Å²) in [5, 5.41) is 6.06. The summed E-state index contributed by atoms with van der Waals surface area (Å²) in [4.78, 5) is 13.3. The fourth-order valence-electron chi connectivity index (χ4n) is 1.95. The first-order valence-corrected chi connectivity index (χ1v) is 7.95. The van der Waals surface area contributed by atoms with Gasteiger partial charge in [-0.1, -0.05) is 0 Å². The number of nitrogens with one attached hydrogen (secondary N) is 2. The number of anilines is 3. The SMILES string of the molecule is CCNC(=O)c1ccc(N)cc1Nc1ccc(SC)cc1. The standard InChI is InChI=1S/C16H19N3OS/c1-3-18-16(20)14-9-4-11(17)10-15(14)19-12-5-7-13(21-2)8-6-12/h4-10,19H,3,17H2,1-2H3,(H,18,20). The summed E-state index contributed by atoms with van der Waals surface area (Å²) in [5.41, 5.74) is 8.65. The third kappa shape index (κ3) is 3.92. The zero-order valence-corrected chi connectivity index (χ0v) is 13.0. The maximum absolute atomic E-state index is 12.1. The van der Waals surface area contributed by atoms with E-state index in [9.17, 15) is 4.79 Å². The van der Waals surface area contributed by atoms with Crippen LogP contribution in [-0.2, 0) is 0 Å². The molecule has 0 aliphatic heterocycles. The zero-order valence-electron chi connectivity index (χ0n) is 12.1. The number of nitrogens with two attached hydrogens (primary N) is 1. The molecule has 0 aromatic heterocycles. The molecule has 0 aliphatic carbocycles. The van der Waals surface area contributed by atoms with Crippen LogP contribution in [0.15, 0.2) is 47.4 Å². The molecule has 4 nitrogen and oxygen atoms in total. The minimum absolute atomic E-state index is 0.110. The van der Waals surface area contributed by atoms with Gasteiger partial charge in [0.1, 0.15) is 0 Å². The second kappa shape index (κ2) is 7.04. The molecule has 5 heteroatoms. The largest absolute Gasteiger partial charge is 0.399 e. The molecule has 0 saturated heterocycles. The number of thioether (sulfide) groups is 1. The quantitative estimate of drug-likeness (QED) is 0.584. The van der Waals surface area contributed by atoms with E-state index in [1.54, 1.807) is 30.0 Å². The molecule has 0 spiro atoms. The van der Waals surface area contributed by atoms with E-state index in [4.69, 9.17) is 5.73 Å². The van der Waals surface area contributed by atoms with Crippen LogP contribution in [-0.4, -0.2) is 18.7 Å². The molecule has 2 aromatic carbocycles. The number of benzene rings is 2. The highest BCUT2D eigenvalue weighted by atomic mass is 32.2. The fraction of sp³-hybridized carbons (Fsp3) is 0.188. The van der Waals surface area contributed by atoms with E-state index >= 15 is 0 Å². The first-order valence-electron chi connectivity index (χ1n) is 6.73. The summed E-state index contributed by atoms with van der Waals surface area (Å²) in [5.74, 6) is -0.110. The van der Waals surface area contributed by atoms with Gasteiger partial charge < -0.3 is 16.4 Å². The van der Waals surface area contributed by atoms with Crippen LogP contribution in [0.25, 0.3) is 0 Å². The summed E-state index contributed by atoms with van der Waals surface area (Å²) in [6.45, 7) is 2.48. The van der Waals surface area contributed by atoms with Crippen molar-refractivity contribution in [1.29, 1.82) is 0 Å². The molecule has 110 valence electrons. The van der Waals surface area contributed by atoms with Gasteiger partial charge >= 0.3 is 0 Å². The predicted molar refractivity (Wildman–Crippen MR) is 90.4 cm³/mol. The van der Waals surface area contributed by atoms with Gasteiger partial charge in [0, 0.05) is 22.8 Å². The third-order valence-electron chi connectivity index (χ3n) is 2.99. The van der Waals surface area contributed by atoms with Crippen LogP contribution in [0.3, 0.4) is 0 Å². The highest BCUT2D eigenvalue weighted by molar-refractivity contribution is 7.98. The number of rotatable bonds is 5. The summed E-state index contributed by atoms with van der Waals surface area (Å²) < 4.78 is 0. The minimum Gasteiger partial charge on any atom is -0.399 e. The topological polar surface area (TPSA) is 67.2 Å². The van der Waals surface area contributed by atoms with Gasteiger partial charge in [-0.05, 0) is 55.6 Å². The number of hydrogen-bond donors (Lipinski definition) is 3. The fourth-order valence-corrected chi connectivity index (χ4v) is 2.36. The monoisotopic (exact) mass is 301 g/mol. The van der Waals surface area contributed by atoms with Crippen molar-refractivity contribution in [2.45, 2.75) is 11.8 Å². The molecular weight excluding hydrogens is 282 g/mol. The van der Waals surface area contributed by atoms with E-state index < -0.39 is 0 Å². The Morgan fingerprint density at radius 2 is 1.90 bits per heavy atom. The van der Waals surface area contributed by atoms with Crippen LogP contribution in [0, 0.1) is 0 Å². The molecular formula is C16H19N3OS. The second-order valence-electron chi connectivity index (χ2n) is 4.52. The Morgan fingerprint density at radius 3 is 2.52 bits per heavy atom. The molecule has 0 aliphatic rings. The van der Waals surface area contributed by atoms with Crippen molar-refractivity contribution in [3.8, 4) is 0 Å². The first-order chi connectivity index (χ1) is 10.1. The molecule has 0 heterocycles. The number of hydrogen-bond acceptors (Lipinski definition) is 4. The maximum atomic E-state index is 12.1. The number of carbonyl (C=O) groups excluding carboxylic acids is 1. The molecule has 0 saturated carbocycles. The van der Waals surface area contributed by atoms with E-state index in [1.807, 2.05) is 37.4 Å². The smallest absolute Gasteiger partial charge is 0.253 e. The lowest BCUT2D eigenvalue weighted by atomic mass is 10.1. The van der Waals surface area contributed by atoms with Crippen molar-refractivity contribution < 1.29 is 4.79 Å². The molecule has 2 rings (SSSR count). The first kappa shape index (κ1) is 15.3. The van der Waals surface area contributed by atoms with Crippen molar-refractivity contribution >= 4 is 34.7 Å². The normalized spacial score (nSPS) is 10.2.